The molecule has 0 spiro atoms. The van der Waals surface area contributed by atoms with Crippen LogP contribution in [-0.2, 0) is 4.79 Å². The van der Waals surface area contributed by atoms with Gasteiger partial charge in [-0.15, -0.1) is 12.4 Å². The van der Waals surface area contributed by atoms with Gasteiger partial charge in [0.05, 0.1) is 0 Å². The third-order valence-electron chi connectivity index (χ3n) is 2.97. The summed E-state index contributed by atoms with van der Waals surface area (Å²) in [5.74, 6) is 0.833. The summed E-state index contributed by atoms with van der Waals surface area (Å²) < 4.78 is 5.32. The van der Waals surface area contributed by atoms with E-state index >= 15 is 0 Å². The Balaban J connectivity index is 0.00000200. The number of halogens is 3. The van der Waals surface area contributed by atoms with E-state index in [4.69, 9.17) is 33.7 Å². The summed E-state index contributed by atoms with van der Waals surface area (Å²) in [6.07, 6.45) is 2.32. The largest absolute Gasteiger partial charge is 0.484 e. The van der Waals surface area contributed by atoms with E-state index in [9.17, 15) is 4.79 Å². The fourth-order valence-electron chi connectivity index (χ4n) is 1.73. The highest BCUT2D eigenvalue weighted by Crippen LogP contribution is 2.31. The van der Waals surface area contributed by atoms with Crippen LogP contribution >= 0.6 is 35.6 Å². The predicted octanol–water partition coefficient (Wildman–Crippen LogP) is 2.65. The van der Waals surface area contributed by atoms with Gasteiger partial charge in [-0.05, 0) is 37.0 Å². The second-order valence-corrected chi connectivity index (χ2v) is 5.57. The third kappa shape index (κ3) is 5.75. The zero-order valence-electron chi connectivity index (χ0n) is 10.8. The van der Waals surface area contributed by atoms with Crippen LogP contribution in [-0.4, -0.2) is 25.1 Å². The topological polar surface area (TPSA) is 64.3 Å². The second kappa shape index (κ2) is 7.93. The van der Waals surface area contributed by atoms with E-state index in [0.717, 1.165) is 12.8 Å². The van der Waals surface area contributed by atoms with Crippen molar-refractivity contribution in [2.75, 3.05) is 13.2 Å². The Bertz CT molecular complexity index is 447. The summed E-state index contributed by atoms with van der Waals surface area (Å²) in [6.45, 7) is 0.414. The molecule has 4 nitrogen and oxygen atoms in total. The first-order valence-electron chi connectivity index (χ1n) is 6.16. The van der Waals surface area contributed by atoms with E-state index in [0.29, 0.717) is 28.3 Å². The Kier molecular flexibility index (Phi) is 6.89. The standard InChI is InChI=1S/C13H16Cl2N2O2.ClH/c14-9-3-10(15)5-11(4-9)19-7-13(18)17-6-12(16)8-1-2-8;/h3-5,8,12H,1-2,6-7,16H2,(H,17,18);1H. The molecule has 1 aliphatic carbocycles. The summed E-state index contributed by atoms with van der Waals surface area (Å²) in [5.41, 5.74) is 5.88. The number of hydrogen-bond acceptors (Lipinski definition) is 3. The lowest BCUT2D eigenvalue weighted by Gasteiger charge is -2.12. The van der Waals surface area contributed by atoms with E-state index in [2.05, 4.69) is 5.32 Å². The molecular formula is C13H17Cl3N2O2. The molecule has 1 aliphatic rings. The molecule has 1 unspecified atom stereocenters. The van der Waals surface area contributed by atoms with E-state index < -0.39 is 0 Å². The number of ether oxygens (including phenoxy) is 1. The van der Waals surface area contributed by atoms with Crippen molar-refractivity contribution >= 4 is 41.5 Å². The molecule has 1 saturated carbocycles. The van der Waals surface area contributed by atoms with Gasteiger partial charge in [0.1, 0.15) is 5.75 Å². The number of rotatable bonds is 6. The van der Waals surface area contributed by atoms with Crippen LogP contribution in [0.15, 0.2) is 18.2 Å². The quantitative estimate of drug-likeness (QED) is 0.837. The molecule has 1 aromatic carbocycles. The summed E-state index contributed by atoms with van der Waals surface area (Å²) >= 11 is 11.7. The molecular weight excluding hydrogens is 323 g/mol. The van der Waals surface area contributed by atoms with Gasteiger partial charge < -0.3 is 15.8 Å². The van der Waals surface area contributed by atoms with Gasteiger partial charge in [-0.1, -0.05) is 23.2 Å². The van der Waals surface area contributed by atoms with Crippen LogP contribution in [0.3, 0.4) is 0 Å². The summed E-state index contributed by atoms with van der Waals surface area (Å²) in [7, 11) is 0. The van der Waals surface area contributed by atoms with Crippen molar-refractivity contribution in [2.45, 2.75) is 18.9 Å². The molecule has 3 N–H and O–H groups in total. The monoisotopic (exact) mass is 338 g/mol. The Labute approximate surface area is 134 Å². The van der Waals surface area contributed by atoms with E-state index in [1.54, 1.807) is 18.2 Å². The fourth-order valence-corrected chi connectivity index (χ4v) is 2.24. The van der Waals surface area contributed by atoms with E-state index in [1.807, 2.05) is 0 Å². The number of benzene rings is 1. The molecule has 0 saturated heterocycles. The number of hydrogen-bond donors (Lipinski definition) is 2. The van der Waals surface area contributed by atoms with Gasteiger partial charge >= 0.3 is 0 Å². The Morgan fingerprint density at radius 1 is 1.35 bits per heavy atom. The Morgan fingerprint density at radius 3 is 2.50 bits per heavy atom. The Hall–Kier alpha value is -0.680. The van der Waals surface area contributed by atoms with Crippen LogP contribution in [0.4, 0.5) is 0 Å². The lowest BCUT2D eigenvalue weighted by molar-refractivity contribution is -0.123. The van der Waals surface area contributed by atoms with Gasteiger partial charge in [0.15, 0.2) is 6.61 Å². The SMILES string of the molecule is Cl.NC(CNC(=O)COc1cc(Cl)cc(Cl)c1)C1CC1. The number of nitrogens with one attached hydrogen (secondary N) is 1. The van der Waals surface area contributed by atoms with Crippen molar-refractivity contribution < 1.29 is 9.53 Å². The maximum atomic E-state index is 11.6. The summed E-state index contributed by atoms with van der Waals surface area (Å²) in [5, 5.41) is 3.69. The lowest BCUT2D eigenvalue weighted by Crippen LogP contribution is -2.40. The molecule has 0 aromatic heterocycles. The highest BCUT2D eigenvalue weighted by atomic mass is 35.5. The Morgan fingerprint density at radius 2 is 1.95 bits per heavy atom. The molecule has 112 valence electrons. The first-order chi connectivity index (χ1) is 9.04. The minimum absolute atomic E-state index is 0. The normalized spacial score (nSPS) is 15.2. The maximum Gasteiger partial charge on any atom is 0.257 e. The van der Waals surface area contributed by atoms with Crippen molar-refractivity contribution in [3.05, 3.63) is 28.2 Å². The summed E-state index contributed by atoms with van der Waals surface area (Å²) in [6, 6.07) is 4.86. The molecule has 0 radical (unpaired) electrons. The number of amides is 1. The van der Waals surface area contributed by atoms with Crippen molar-refractivity contribution in [3.63, 3.8) is 0 Å². The van der Waals surface area contributed by atoms with E-state index in [-0.39, 0.29) is 31.0 Å². The molecule has 0 bridgehead atoms. The molecule has 1 aromatic rings. The van der Waals surface area contributed by atoms with Gasteiger partial charge in [0, 0.05) is 22.6 Å². The zero-order valence-corrected chi connectivity index (χ0v) is 13.1. The minimum Gasteiger partial charge on any atom is -0.484 e. The highest BCUT2D eigenvalue weighted by Gasteiger charge is 2.28. The van der Waals surface area contributed by atoms with Gasteiger partial charge in [0.2, 0.25) is 0 Å². The smallest absolute Gasteiger partial charge is 0.257 e. The summed E-state index contributed by atoms with van der Waals surface area (Å²) in [4.78, 5) is 11.6. The molecule has 1 amide bonds. The molecule has 1 atom stereocenters. The van der Waals surface area contributed by atoms with Crippen LogP contribution in [0.1, 0.15) is 12.8 Å². The predicted molar refractivity (Wildman–Crippen MR) is 82.9 cm³/mol. The molecule has 7 heteroatoms. The van der Waals surface area contributed by atoms with Crippen molar-refractivity contribution in [1.82, 2.24) is 5.32 Å². The fraction of sp³-hybridized carbons (Fsp3) is 0.462. The van der Waals surface area contributed by atoms with Crippen LogP contribution in [0.2, 0.25) is 10.0 Å². The van der Waals surface area contributed by atoms with Crippen molar-refractivity contribution in [2.24, 2.45) is 11.7 Å². The molecule has 20 heavy (non-hydrogen) atoms. The number of nitrogens with two attached hydrogens (primary N) is 1. The number of carbonyl (C=O) groups excluding carboxylic acids is 1. The molecule has 0 heterocycles. The van der Waals surface area contributed by atoms with Crippen LogP contribution in [0.5, 0.6) is 5.75 Å². The molecule has 1 fully saturated rings. The van der Waals surface area contributed by atoms with Crippen molar-refractivity contribution in [3.8, 4) is 5.75 Å². The van der Waals surface area contributed by atoms with Gasteiger partial charge in [0.25, 0.3) is 5.91 Å². The molecule has 2 rings (SSSR count). The number of carbonyl (C=O) groups is 1. The van der Waals surface area contributed by atoms with Crippen LogP contribution in [0, 0.1) is 5.92 Å². The average molecular weight is 340 g/mol. The second-order valence-electron chi connectivity index (χ2n) is 4.70. The van der Waals surface area contributed by atoms with Crippen LogP contribution in [0.25, 0.3) is 0 Å². The first kappa shape index (κ1) is 17.4. The maximum absolute atomic E-state index is 11.6. The zero-order chi connectivity index (χ0) is 13.8. The molecule has 0 aliphatic heterocycles. The van der Waals surface area contributed by atoms with E-state index in [1.165, 1.54) is 0 Å². The van der Waals surface area contributed by atoms with Gasteiger partial charge in [-0.3, -0.25) is 4.79 Å². The average Bonchev–Trinajstić information content (AvgIpc) is 3.16. The lowest BCUT2D eigenvalue weighted by atomic mass is 10.2. The van der Waals surface area contributed by atoms with Crippen LogP contribution < -0.4 is 15.8 Å². The third-order valence-corrected chi connectivity index (χ3v) is 3.40. The highest BCUT2D eigenvalue weighted by molar-refractivity contribution is 6.34. The van der Waals surface area contributed by atoms with Gasteiger partial charge in [-0.25, -0.2) is 0 Å². The van der Waals surface area contributed by atoms with Gasteiger partial charge in [-0.2, -0.15) is 0 Å². The van der Waals surface area contributed by atoms with Crippen molar-refractivity contribution in [1.29, 1.82) is 0 Å². The first-order valence-corrected chi connectivity index (χ1v) is 6.91. The minimum atomic E-state index is -0.202.